The summed E-state index contributed by atoms with van der Waals surface area (Å²) in [5.41, 5.74) is -0.0295. The Hall–Kier alpha value is -1.40. The van der Waals surface area contributed by atoms with E-state index in [-0.39, 0.29) is 5.56 Å². The third-order valence-electron chi connectivity index (χ3n) is 3.66. The first-order valence-corrected chi connectivity index (χ1v) is 7.13. The fraction of sp³-hybridized carbons (Fsp3) is 0.714. The van der Waals surface area contributed by atoms with Crippen LogP contribution in [0.5, 0.6) is 0 Å². The summed E-state index contributed by atoms with van der Waals surface area (Å²) >= 11 is 0. The highest BCUT2D eigenvalue weighted by molar-refractivity contribution is 5.36. The quantitative estimate of drug-likeness (QED) is 0.844. The number of hydrogen-bond acceptors (Lipinski definition) is 5. The number of aromatic nitrogens is 2. The number of anilines is 1. The Morgan fingerprint density at radius 3 is 3.15 bits per heavy atom. The molecule has 1 aliphatic heterocycles. The van der Waals surface area contributed by atoms with E-state index in [0.717, 1.165) is 25.9 Å². The van der Waals surface area contributed by atoms with Crippen molar-refractivity contribution >= 4 is 5.82 Å². The van der Waals surface area contributed by atoms with Crippen molar-refractivity contribution in [2.24, 2.45) is 7.05 Å². The largest absolute Gasteiger partial charge is 0.383 e. The van der Waals surface area contributed by atoms with Gasteiger partial charge in [-0.2, -0.15) is 0 Å². The van der Waals surface area contributed by atoms with Gasteiger partial charge in [-0.15, -0.1) is 0 Å². The molecule has 20 heavy (non-hydrogen) atoms. The average Bonchev–Trinajstić information content (AvgIpc) is 2.42. The van der Waals surface area contributed by atoms with Gasteiger partial charge >= 0.3 is 0 Å². The van der Waals surface area contributed by atoms with Crippen LogP contribution < -0.4 is 15.8 Å². The lowest BCUT2D eigenvalue weighted by molar-refractivity contribution is 0.164. The Morgan fingerprint density at radius 1 is 1.60 bits per heavy atom. The Labute approximate surface area is 119 Å². The van der Waals surface area contributed by atoms with Gasteiger partial charge in [0.1, 0.15) is 0 Å². The predicted molar refractivity (Wildman–Crippen MR) is 79.2 cm³/mol. The number of hydrogen-bond donors (Lipinski definition) is 1. The highest BCUT2D eigenvalue weighted by atomic mass is 16.5. The lowest BCUT2D eigenvalue weighted by Gasteiger charge is -2.35. The monoisotopic (exact) mass is 280 g/mol. The normalized spacial score (nSPS) is 20.9. The zero-order chi connectivity index (χ0) is 14.5. The molecule has 0 saturated carbocycles. The maximum absolute atomic E-state index is 12.1. The molecule has 0 bridgehead atoms. The molecule has 1 saturated heterocycles. The second kappa shape index (κ2) is 6.85. The van der Waals surface area contributed by atoms with Crippen molar-refractivity contribution in [3.8, 4) is 0 Å². The molecule has 0 unspecified atom stereocenters. The molecule has 2 heterocycles. The molecule has 112 valence electrons. The number of nitrogens with one attached hydrogen (secondary N) is 1. The summed E-state index contributed by atoms with van der Waals surface area (Å²) in [4.78, 5) is 18.5. The van der Waals surface area contributed by atoms with Crippen LogP contribution in [0.4, 0.5) is 5.82 Å². The Bertz CT molecular complexity index is 488. The van der Waals surface area contributed by atoms with Gasteiger partial charge in [-0.3, -0.25) is 4.79 Å². The van der Waals surface area contributed by atoms with Crippen molar-refractivity contribution in [1.82, 2.24) is 14.9 Å². The molecule has 0 radical (unpaired) electrons. The molecule has 1 aliphatic rings. The second-order valence-corrected chi connectivity index (χ2v) is 5.48. The van der Waals surface area contributed by atoms with Crippen LogP contribution in [0, 0.1) is 0 Å². The first-order valence-electron chi connectivity index (χ1n) is 7.13. The zero-order valence-corrected chi connectivity index (χ0v) is 12.5. The Kier molecular flexibility index (Phi) is 5.14. The predicted octanol–water partition coefficient (Wildman–Crippen LogP) is 0.374. The van der Waals surface area contributed by atoms with Gasteiger partial charge in [-0.1, -0.05) is 0 Å². The molecule has 1 aromatic heterocycles. The fourth-order valence-electron chi connectivity index (χ4n) is 2.71. The van der Waals surface area contributed by atoms with Gasteiger partial charge in [-0.05, 0) is 19.8 Å². The second-order valence-electron chi connectivity index (χ2n) is 5.48. The first kappa shape index (κ1) is 15.0. The SMILES string of the molecule is COC[C@@H](C)N[C@H]1CCCN(c2nccn(C)c2=O)C1. The summed E-state index contributed by atoms with van der Waals surface area (Å²) in [5, 5.41) is 3.55. The number of piperidine rings is 1. The summed E-state index contributed by atoms with van der Waals surface area (Å²) in [5.74, 6) is 0.556. The highest BCUT2D eigenvalue weighted by Gasteiger charge is 2.23. The van der Waals surface area contributed by atoms with Crippen molar-refractivity contribution < 1.29 is 4.74 Å². The van der Waals surface area contributed by atoms with E-state index >= 15 is 0 Å². The van der Waals surface area contributed by atoms with Gasteiger partial charge < -0.3 is 19.5 Å². The van der Waals surface area contributed by atoms with Crippen LogP contribution in [0.15, 0.2) is 17.2 Å². The fourth-order valence-corrected chi connectivity index (χ4v) is 2.71. The van der Waals surface area contributed by atoms with Gasteiger partial charge in [0.15, 0.2) is 5.82 Å². The number of ether oxygens (including phenoxy) is 1. The molecule has 1 aromatic rings. The lowest BCUT2D eigenvalue weighted by Crippen LogP contribution is -2.51. The van der Waals surface area contributed by atoms with Crippen molar-refractivity contribution in [1.29, 1.82) is 0 Å². The molecule has 0 spiro atoms. The van der Waals surface area contributed by atoms with Crippen LogP contribution in [-0.2, 0) is 11.8 Å². The first-order chi connectivity index (χ1) is 9.61. The van der Waals surface area contributed by atoms with Crippen LogP contribution in [0.2, 0.25) is 0 Å². The number of rotatable bonds is 5. The van der Waals surface area contributed by atoms with Gasteiger partial charge in [0.05, 0.1) is 6.61 Å². The van der Waals surface area contributed by atoms with E-state index < -0.39 is 0 Å². The van der Waals surface area contributed by atoms with Crippen LogP contribution in [0.3, 0.4) is 0 Å². The van der Waals surface area contributed by atoms with E-state index in [1.54, 1.807) is 31.1 Å². The van der Waals surface area contributed by atoms with Gasteiger partial charge in [0.2, 0.25) is 0 Å². The third kappa shape index (κ3) is 3.58. The smallest absolute Gasteiger partial charge is 0.293 e. The summed E-state index contributed by atoms with van der Waals surface area (Å²) in [6.45, 7) is 4.52. The number of aryl methyl sites for hydroxylation is 1. The van der Waals surface area contributed by atoms with Crippen LogP contribution in [0.25, 0.3) is 0 Å². The van der Waals surface area contributed by atoms with E-state index in [4.69, 9.17) is 4.74 Å². The van der Waals surface area contributed by atoms with Crippen LogP contribution in [0.1, 0.15) is 19.8 Å². The minimum atomic E-state index is -0.0295. The van der Waals surface area contributed by atoms with Gasteiger partial charge in [0.25, 0.3) is 5.56 Å². The molecule has 1 N–H and O–H groups in total. The standard InChI is InChI=1S/C14H24N4O2/c1-11(10-20-3)16-12-5-4-7-18(9-12)13-14(19)17(2)8-6-15-13/h6,8,11-12,16H,4-5,7,9-10H2,1-3H3/t11-,12+/m1/s1. The average molecular weight is 280 g/mol. The summed E-state index contributed by atoms with van der Waals surface area (Å²) < 4.78 is 6.73. The molecule has 2 atom stereocenters. The lowest BCUT2D eigenvalue weighted by atomic mass is 10.0. The van der Waals surface area contributed by atoms with E-state index in [1.165, 1.54) is 0 Å². The molecular formula is C14H24N4O2. The van der Waals surface area contributed by atoms with Crippen LogP contribution in [-0.4, -0.2) is 48.4 Å². The molecule has 6 nitrogen and oxygen atoms in total. The Morgan fingerprint density at radius 2 is 2.40 bits per heavy atom. The van der Waals surface area contributed by atoms with Gasteiger partial charge in [-0.25, -0.2) is 4.98 Å². The number of methoxy groups -OCH3 is 1. The van der Waals surface area contributed by atoms with Crippen LogP contribution >= 0.6 is 0 Å². The van der Waals surface area contributed by atoms with E-state index in [9.17, 15) is 4.79 Å². The molecule has 0 aliphatic carbocycles. The third-order valence-corrected chi connectivity index (χ3v) is 3.66. The molecule has 0 amide bonds. The topological polar surface area (TPSA) is 59.4 Å². The Balaban J connectivity index is 2.03. The molecule has 2 rings (SSSR count). The highest BCUT2D eigenvalue weighted by Crippen LogP contribution is 2.14. The van der Waals surface area contributed by atoms with E-state index in [0.29, 0.717) is 24.5 Å². The van der Waals surface area contributed by atoms with E-state index in [2.05, 4.69) is 22.1 Å². The van der Waals surface area contributed by atoms with E-state index in [1.807, 2.05) is 0 Å². The number of nitrogens with zero attached hydrogens (tertiary/aromatic N) is 3. The maximum Gasteiger partial charge on any atom is 0.293 e. The molecule has 6 heteroatoms. The maximum atomic E-state index is 12.1. The summed E-state index contributed by atoms with van der Waals surface area (Å²) in [7, 11) is 3.47. The van der Waals surface area contributed by atoms with Crippen molar-refractivity contribution in [3.63, 3.8) is 0 Å². The molecular weight excluding hydrogens is 256 g/mol. The zero-order valence-electron chi connectivity index (χ0n) is 12.5. The summed E-state index contributed by atoms with van der Waals surface area (Å²) in [6.07, 6.45) is 5.56. The minimum absolute atomic E-state index is 0.0295. The van der Waals surface area contributed by atoms with Crippen molar-refractivity contribution in [3.05, 3.63) is 22.7 Å². The minimum Gasteiger partial charge on any atom is -0.383 e. The molecule has 1 fully saturated rings. The van der Waals surface area contributed by atoms with Gasteiger partial charge in [0, 0.05) is 51.7 Å². The molecule has 0 aromatic carbocycles. The summed E-state index contributed by atoms with van der Waals surface area (Å²) in [6, 6.07) is 0.692. The van der Waals surface area contributed by atoms with Crippen molar-refractivity contribution in [2.45, 2.75) is 31.8 Å². The van der Waals surface area contributed by atoms with Crippen molar-refractivity contribution in [2.75, 3.05) is 31.7 Å².